The summed E-state index contributed by atoms with van der Waals surface area (Å²) in [5, 5.41) is 3.16. The number of sulfone groups is 1. The van der Waals surface area contributed by atoms with Crippen molar-refractivity contribution in [2.75, 3.05) is 23.6 Å². The average molecular weight is 337 g/mol. The van der Waals surface area contributed by atoms with Gasteiger partial charge in [-0.25, -0.2) is 8.42 Å². The molecule has 0 aromatic heterocycles. The van der Waals surface area contributed by atoms with Gasteiger partial charge in [0.2, 0.25) is 5.91 Å². The lowest BCUT2D eigenvalue weighted by Gasteiger charge is -2.12. The quantitative estimate of drug-likeness (QED) is 0.773. The molecule has 5 nitrogen and oxygen atoms in total. The van der Waals surface area contributed by atoms with Crippen molar-refractivity contribution in [2.45, 2.75) is 17.4 Å². The molecule has 0 aliphatic carbocycles. The highest BCUT2D eigenvalue weighted by atomic mass is 35.5. The first-order valence-corrected chi connectivity index (χ1v) is 9.47. The highest BCUT2D eigenvalue weighted by Gasteiger charge is 2.16. The molecule has 0 aliphatic rings. The highest BCUT2D eigenvalue weighted by molar-refractivity contribution is 7.98. The number of hydrogen-bond acceptors (Lipinski definition) is 5. The van der Waals surface area contributed by atoms with E-state index < -0.39 is 21.8 Å². The summed E-state index contributed by atoms with van der Waals surface area (Å²) < 4.78 is 22.0. The van der Waals surface area contributed by atoms with Gasteiger partial charge >= 0.3 is 0 Å². The summed E-state index contributed by atoms with van der Waals surface area (Å²) in [5.74, 6) is -0.546. The molecule has 0 spiro atoms. The fourth-order valence-corrected chi connectivity index (χ4v) is 3.00. The van der Waals surface area contributed by atoms with Crippen LogP contribution < -0.4 is 11.1 Å². The molecule has 0 saturated carbocycles. The molecule has 1 aromatic carbocycles. The zero-order valence-corrected chi connectivity index (χ0v) is 13.6. The summed E-state index contributed by atoms with van der Waals surface area (Å²) in [7, 11) is -3.13. The third-order valence-corrected chi connectivity index (χ3v) is 4.75. The molecule has 112 valence electrons. The van der Waals surface area contributed by atoms with Crippen molar-refractivity contribution in [2.24, 2.45) is 5.73 Å². The van der Waals surface area contributed by atoms with Crippen LogP contribution in [0.25, 0.3) is 0 Å². The SMILES string of the molecule is CSc1ccc(NC(=O)C(N)CCS(C)(=O)=O)cc1Cl. The molecule has 0 radical (unpaired) electrons. The van der Waals surface area contributed by atoms with E-state index in [9.17, 15) is 13.2 Å². The summed E-state index contributed by atoms with van der Waals surface area (Å²) in [4.78, 5) is 12.7. The van der Waals surface area contributed by atoms with Crippen LogP contribution in [0.3, 0.4) is 0 Å². The molecular formula is C12H17ClN2O3S2. The van der Waals surface area contributed by atoms with Gasteiger partial charge < -0.3 is 11.1 Å². The van der Waals surface area contributed by atoms with E-state index in [2.05, 4.69) is 5.32 Å². The first-order chi connectivity index (χ1) is 9.23. The number of carbonyl (C=O) groups excluding carboxylic acids is 1. The lowest BCUT2D eigenvalue weighted by molar-refractivity contribution is -0.117. The Hall–Kier alpha value is -0.760. The zero-order valence-electron chi connectivity index (χ0n) is 11.2. The second-order valence-electron chi connectivity index (χ2n) is 4.36. The van der Waals surface area contributed by atoms with Crippen LogP contribution in [-0.4, -0.2) is 38.6 Å². The van der Waals surface area contributed by atoms with Gasteiger partial charge in [0.25, 0.3) is 0 Å². The van der Waals surface area contributed by atoms with Gasteiger partial charge in [0, 0.05) is 16.8 Å². The Morgan fingerprint density at radius 1 is 1.50 bits per heavy atom. The van der Waals surface area contributed by atoms with Gasteiger partial charge in [-0.15, -0.1) is 11.8 Å². The van der Waals surface area contributed by atoms with Gasteiger partial charge in [0.05, 0.1) is 16.8 Å². The Morgan fingerprint density at radius 2 is 2.15 bits per heavy atom. The lowest BCUT2D eigenvalue weighted by Crippen LogP contribution is -2.37. The minimum atomic E-state index is -3.13. The summed E-state index contributed by atoms with van der Waals surface area (Å²) in [6.45, 7) is 0. The van der Waals surface area contributed by atoms with Crippen LogP contribution in [0.2, 0.25) is 5.02 Å². The molecule has 0 bridgehead atoms. The first-order valence-electron chi connectivity index (χ1n) is 5.80. The summed E-state index contributed by atoms with van der Waals surface area (Å²) in [5.41, 5.74) is 6.19. The van der Waals surface area contributed by atoms with E-state index >= 15 is 0 Å². The Balaban J connectivity index is 2.64. The molecule has 1 unspecified atom stereocenters. The summed E-state index contributed by atoms with van der Waals surface area (Å²) in [6, 6.07) is 4.28. The van der Waals surface area contributed by atoms with Gasteiger partial charge in [-0.2, -0.15) is 0 Å². The number of amides is 1. The molecule has 0 saturated heterocycles. The Morgan fingerprint density at radius 3 is 2.65 bits per heavy atom. The Labute approximate surface area is 128 Å². The van der Waals surface area contributed by atoms with Crippen molar-refractivity contribution in [1.29, 1.82) is 0 Å². The molecule has 20 heavy (non-hydrogen) atoms. The second kappa shape index (κ2) is 7.31. The van der Waals surface area contributed by atoms with Gasteiger partial charge in [0.1, 0.15) is 9.84 Å². The molecular weight excluding hydrogens is 320 g/mol. The molecule has 0 heterocycles. The molecule has 1 amide bonds. The number of hydrogen-bond donors (Lipinski definition) is 2. The van der Waals surface area contributed by atoms with Crippen LogP contribution in [0.1, 0.15) is 6.42 Å². The molecule has 3 N–H and O–H groups in total. The van der Waals surface area contributed by atoms with E-state index in [1.807, 2.05) is 6.26 Å². The van der Waals surface area contributed by atoms with Gasteiger partial charge in [-0.05, 0) is 30.9 Å². The van der Waals surface area contributed by atoms with Crippen LogP contribution in [0.4, 0.5) is 5.69 Å². The smallest absolute Gasteiger partial charge is 0.241 e. The highest BCUT2D eigenvalue weighted by Crippen LogP contribution is 2.27. The number of anilines is 1. The predicted octanol–water partition coefficient (Wildman–Crippen LogP) is 1.76. The largest absolute Gasteiger partial charge is 0.325 e. The third kappa shape index (κ3) is 5.70. The van der Waals surface area contributed by atoms with Gasteiger partial charge in [0.15, 0.2) is 0 Å². The minimum absolute atomic E-state index is 0.0846. The lowest BCUT2D eigenvalue weighted by atomic mass is 10.2. The van der Waals surface area contributed by atoms with E-state index in [0.717, 1.165) is 11.2 Å². The fraction of sp³-hybridized carbons (Fsp3) is 0.417. The molecule has 1 aromatic rings. The van der Waals surface area contributed by atoms with E-state index in [-0.39, 0.29) is 12.2 Å². The van der Waals surface area contributed by atoms with Crippen molar-refractivity contribution in [3.05, 3.63) is 23.2 Å². The maximum atomic E-state index is 11.8. The van der Waals surface area contributed by atoms with Crippen LogP contribution in [0, 0.1) is 0 Å². The van der Waals surface area contributed by atoms with E-state index in [0.29, 0.717) is 10.7 Å². The second-order valence-corrected chi connectivity index (χ2v) is 7.88. The minimum Gasteiger partial charge on any atom is -0.325 e. The maximum absolute atomic E-state index is 11.8. The number of benzene rings is 1. The summed E-state index contributed by atoms with van der Waals surface area (Å²) >= 11 is 7.53. The Bertz CT molecular complexity index is 590. The average Bonchev–Trinajstić information content (AvgIpc) is 2.35. The van der Waals surface area contributed by atoms with Crippen LogP contribution in [0.5, 0.6) is 0 Å². The molecule has 1 rings (SSSR count). The third-order valence-electron chi connectivity index (χ3n) is 2.56. The van der Waals surface area contributed by atoms with Crippen molar-refractivity contribution >= 4 is 44.8 Å². The number of nitrogens with two attached hydrogens (primary N) is 1. The number of nitrogens with one attached hydrogen (secondary N) is 1. The van der Waals surface area contributed by atoms with E-state index in [4.69, 9.17) is 17.3 Å². The molecule has 1 atom stereocenters. The zero-order chi connectivity index (χ0) is 15.3. The predicted molar refractivity (Wildman–Crippen MR) is 84.2 cm³/mol. The number of thioether (sulfide) groups is 1. The monoisotopic (exact) mass is 336 g/mol. The topological polar surface area (TPSA) is 89.3 Å². The normalized spacial score (nSPS) is 13.0. The van der Waals surface area contributed by atoms with E-state index in [1.54, 1.807) is 18.2 Å². The van der Waals surface area contributed by atoms with Crippen molar-refractivity contribution in [1.82, 2.24) is 0 Å². The molecule has 0 aliphatic heterocycles. The first kappa shape index (κ1) is 17.3. The van der Waals surface area contributed by atoms with Crippen LogP contribution in [0.15, 0.2) is 23.1 Å². The van der Waals surface area contributed by atoms with Crippen molar-refractivity contribution in [3.8, 4) is 0 Å². The number of halogens is 1. The van der Waals surface area contributed by atoms with Crippen LogP contribution in [-0.2, 0) is 14.6 Å². The number of rotatable bonds is 6. The van der Waals surface area contributed by atoms with Crippen molar-refractivity contribution < 1.29 is 13.2 Å². The Kier molecular flexibility index (Phi) is 6.32. The maximum Gasteiger partial charge on any atom is 0.241 e. The fourth-order valence-electron chi connectivity index (χ4n) is 1.45. The van der Waals surface area contributed by atoms with Gasteiger partial charge in [-0.1, -0.05) is 11.6 Å². The van der Waals surface area contributed by atoms with Crippen LogP contribution >= 0.6 is 23.4 Å². The summed E-state index contributed by atoms with van der Waals surface area (Å²) in [6.07, 6.45) is 3.10. The van der Waals surface area contributed by atoms with Gasteiger partial charge in [-0.3, -0.25) is 4.79 Å². The standard InChI is InChI=1S/C12H17ClN2O3S2/c1-19-11-4-3-8(7-9(11)13)15-12(16)10(14)5-6-20(2,17)18/h3-4,7,10H,5-6,14H2,1-2H3,(H,15,16). The number of carbonyl (C=O) groups is 1. The van der Waals surface area contributed by atoms with E-state index in [1.165, 1.54) is 11.8 Å². The molecule has 0 fully saturated rings. The molecule has 8 heteroatoms. The van der Waals surface area contributed by atoms with Crippen molar-refractivity contribution in [3.63, 3.8) is 0 Å².